The maximum atomic E-state index is 11.3. The number of aromatic nitrogens is 4. The van der Waals surface area contributed by atoms with Crippen LogP contribution in [0.25, 0.3) is 0 Å². The third kappa shape index (κ3) is 1.49. The molecule has 0 N–H and O–H groups in total. The van der Waals surface area contributed by atoms with Crippen LogP contribution in [-0.4, -0.2) is 38.0 Å². The minimum absolute atomic E-state index is 0.0481. The van der Waals surface area contributed by atoms with Gasteiger partial charge in [-0.25, -0.2) is 0 Å². The highest BCUT2D eigenvalue weighted by Gasteiger charge is 2.31. The second kappa shape index (κ2) is 2.95. The van der Waals surface area contributed by atoms with Gasteiger partial charge in [0.15, 0.2) is 0 Å². The molecule has 2 rings (SSSR count). The van der Waals surface area contributed by atoms with Crippen molar-refractivity contribution in [1.82, 2.24) is 20.2 Å². The van der Waals surface area contributed by atoms with Gasteiger partial charge >= 0.3 is 0 Å². The number of anilines is 1. The fraction of sp³-hybridized carbons (Fsp3) is 0.667. The fourth-order valence-corrected chi connectivity index (χ4v) is 1.51. The Balaban J connectivity index is 2.22. The van der Waals surface area contributed by atoms with Crippen LogP contribution >= 0.6 is 11.6 Å². The SMILES string of the molecule is Cn1nnc(N2CC(Cl)CC2=O)n1. The molecule has 0 bridgehead atoms. The second-order valence-electron chi connectivity index (χ2n) is 2.88. The van der Waals surface area contributed by atoms with E-state index in [9.17, 15) is 4.79 Å². The van der Waals surface area contributed by atoms with Gasteiger partial charge in [-0.05, 0) is 5.21 Å². The van der Waals surface area contributed by atoms with E-state index in [0.717, 1.165) is 0 Å². The first-order valence-electron chi connectivity index (χ1n) is 3.85. The lowest BCUT2D eigenvalue weighted by Gasteiger charge is -2.08. The standard InChI is InChI=1S/C6H8ClN5O/c1-11-9-6(8-10-11)12-3-4(7)2-5(12)13/h4H,2-3H2,1H3. The van der Waals surface area contributed by atoms with Gasteiger partial charge in [-0.3, -0.25) is 9.69 Å². The van der Waals surface area contributed by atoms with E-state index in [1.165, 1.54) is 9.70 Å². The summed E-state index contributed by atoms with van der Waals surface area (Å²) in [6.45, 7) is 0.464. The Labute approximate surface area is 79.5 Å². The van der Waals surface area contributed by atoms with E-state index in [1.807, 2.05) is 0 Å². The minimum Gasteiger partial charge on any atom is -0.277 e. The topological polar surface area (TPSA) is 63.9 Å². The highest BCUT2D eigenvalue weighted by atomic mass is 35.5. The van der Waals surface area contributed by atoms with Crippen molar-refractivity contribution in [3.05, 3.63) is 0 Å². The van der Waals surface area contributed by atoms with Gasteiger partial charge in [0, 0.05) is 13.0 Å². The number of nitrogens with zero attached hydrogens (tertiary/aromatic N) is 5. The summed E-state index contributed by atoms with van der Waals surface area (Å²) in [5.74, 6) is 0.281. The van der Waals surface area contributed by atoms with Crippen molar-refractivity contribution in [2.45, 2.75) is 11.8 Å². The first kappa shape index (κ1) is 8.43. The molecule has 1 aliphatic heterocycles. The molecule has 1 amide bonds. The van der Waals surface area contributed by atoms with Gasteiger partial charge in [0.1, 0.15) is 0 Å². The van der Waals surface area contributed by atoms with Crippen molar-refractivity contribution in [1.29, 1.82) is 0 Å². The molecular formula is C6H8ClN5O. The van der Waals surface area contributed by atoms with E-state index < -0.39 is 0 Å². The van der Waals surface area contributed by atoms with E-state index in [0.29, 0.717) is 18.9 Å². The maximum absolute atomic E-state index is 11.3. The molecule has 70 valence electrons. The van der Waals surface area contributed by atoms with E-state index in [2.05, 4.69) is 15.4 Å². The highest BCUT2D eigenvalue weighted by Crippen LogP contribution is 2.19. The van der Waals surface area contributed by atoms with E-state index in [1.54, 1.807) is 7.05 Å². The smallest absolute Gasteiger partial charge is 0.272 e. The Morgan fingerprint density at radius 1 is 1.62 bits per heavy atom. The molecular weight excluding hydrogens is 194 g/mol. The average molecular weight is 202 g/mol. The van der Waals surface area contributed by atoms with Gasteiger partial charge in [-0.15, -0.1) is 16.7 Å². The van der Waals surface area contributed by atoms with Crippen molar-refractivity contribution in [3.63, 3.8) is 0 Å². The number of hydrogen-bond donors (Lipinski definition) is 0. The van der Waals surface area contributed by atoms with E-state index in [-0.39, 0.29) is 11.3 Å². The van der Waals surface area contributed by atoms with Crippen LogP contribution in [0.5, 0.6) is 0 Å². The summed E-state index contributed by atoms with van der Waals surface area (Å²) < 4.78 is 0. The maximum Gasteiger partial charge on any atom is 0.272 e. The lowest BCUT2D eigenvalue weighted by atomic mass is 10.4. The number of aryl methyl sites for hydroxylation is 1. The zero-order chi connectivity index (χ0) is 9.42. The first-order valence-corrected chi connectivity index (χ1v) is 4.29. The minimum atomic E-state index is -0.142. The molecule has 1 atom stereocenters. The molecule has 1 aliphatic rings. The molecule has 1 fully saturated rings. The quantitative estimate of drug-likeness (QED) is 0.578. The van der Waals surface area contributed by atoms with Crippen molar-refractivity contribution >= 4 is 23.5 Å². The molecule has 0 spiro atoms. The van der Waals surface area contributed by atoms with Crippen LogP contribution in [0.2, 0.25) is 0 Å². The Hall–Kier alpha value is -1.17. The lowest BCUT2D eigenvalue weighted by molar-refractivity contribution is -0.117. The number of tetrazole rings is 1. The molecule has 1 aromatic rings. The van der Waals surface area contributed by atoms with Crippen molar-refractivity contribution < 1.29 is 4.79 Å². The Morgan fingerprint density at radius 2 is 2.38 bits per heavy atom. The van der Waals surface area contributed by atoms with Crippen LogP contribution in [0.15, 0.2) is 0 Å². The number of amides is 1. The molecule has 0 aliphatic carbocycles. The summed E-state index contributed by atoms with van der Waals surface area (Å²) in [5, 5.41) is 11.1. The predicted molar refractivity (Wildman–Crippen MR) is 45.4 cm³/mol. The van der Waals surface area contributed by atoms with Gasteiger partial charge in [-0.2, -0.15) is 4.80 Å². The van der Waals surface area contributed by atoms with Crippen LogP contribution in [0.1, 0.15) is 6.42 Å². The Morgan fingerprint density at radius 3 is 2.85 bits per heavy atom. The van der Waals surface area contributed by atoms with Crippen LogP contribution in [0.3, 0.4) is 0 Å². The summed E-state index contributed by atoms with van der Waals surface area (Å²) in [6, 6.07) is 0. The molecule has 1 aromatic heterocycles. The number of alkyl halides is 1. The fourth-order valence-electron chi connectivity index (χ4n) is 1.24. The molecule has 0 radical (unpaired) electrons. The van der Waals surface area contributed by atoms with E-state index in [4.69, 9.17) is 11.6 Å². The van der Waals surface area contributed by atoms with Crippen LogP contribution in [-0.2, 0) is 11.8 Å². The molecule has 0 saturated carbocycles. The molecule has 1 unspecified atom stereocenters. The van der Waals surface area contributed by atoms with Gasteiger partial charge in [0.25, 0.3) is 5.95 Å². The van der Waals surface area contributed by atoms with E-state index >= 15 is 0 Å². The zero-order valence-corrected chi connectivity index (χ0v) is 7.77. The molecule has 13 heavy (non-hydrogen) atoms. The summed E-state index contributed by atoms with van der Waals surface area (Å²) >= 11 is 5.81. The summed E-state index contributed by atoms with van der Waals surface area (Å²) in [5.41, 5.74) is 0. The number of carbonyl (C=O) groups excluding carboxylic acids is 1. The zero-order valence-electron chi connectivity index (χ0n) is 7.01. The summed E-state index contributed by atoms with van der Waals surface area (Å²) in [6.07, 6.45) is 0.347. The average Bonchev–Trinajstić information content (AvgIpc) is 2.58. The predicted octanol–water partition coefficient (Wildman–Crippen LogP) is -0.446. The van der Waals surface area contributed by atoms with Crippen molar-refractivity contribution in [2.75, 3.05) is 11.4 Å². The largest absolute Gasteiger partial charge is 0.277 e. The monoisotopic (exact) mass is 201 g/mol. The van der Waals surface area contributed by atoms with Gasteiger partial charge in [0.05, 0.1) is 12.4 Å². The summed E-state index contributed by atoms with van der Waals surface area (Å²) in [7, 11) is 1.65. The Kier molecular flexibility index (Phi) is 1.91. The molecule has 2 heterocycles. The second-order valence-corrected chi connectivity index (χ2v) is 3.50. The van der Waals surface area contributed by atoms with Crippen LogP contribution in [0, 0.1) is 0 Å². The number of rotatable bonds is 1. The van der Waals surface area contributed by atoms with Crippen LogP contribution < -0.4 is 4.90 Å². The lowest BCUT2D eigenvalue weighted by Crippen LogP contribution is -2.25. The van der Waals surface area contributed by atoms with Gasteiger partial charge in [-0.1, -0.05) is 5.10 Å². The molecule has 1 saturated heterocycles. The van der Waals surface area contributed by atoms with Gasteiger partial charge in [0.2, 0.25) is 5.91 Å². The number of halogens is 1. The number of carbonyl (C=O) groups is 1. The highest BCUT2D eigenvalue weighted by molar-refractivity contribution is 6.24. The molecule has 0 aromatic carbocycles. The van der Waals surface area contributed by atoms with Gasteiger partial charge < -0.3 is 0 Å². The first-order chi connectivity index (χ1) is 6.16. The third-order valence-corrected chi connectivity index (χ3v) is 2.11. The third-order valence-electron chi connectivity index (χ3n) is 1.82. The molecule has 7 heteroatoms. The number of hydrogen-bond acceptors (Lipinski definition) is 4. The molecule has 6 nitrogen and oxygen atoms in total. The normalized spacial score (nSPS) is 22.8. The Bertz CT molecular complexity index is 338. The van der Waals surface area contributed by atoms with Crippen molar-refractivity contribution in [3.8, 4) is 0 Å². The van der Waals surface area contributed by atoms with Crippen LogP contribution in [0.4, 0.5) is 5.95 Å². The summed E-state index contributed by atoms with van der Waals surface area (Å²) in [4.78, 5) is 14.1. The van der Waals surface area contributed by atoms with Crippen molar-refractivity contribution in [2.24, 2.45) is 7.05 Å².